The van der Waals surface area contributed by atoms with E-state index in [2.05, 4.69) is 13.8 Å². The van der Waals surface area contributed by atoms with Gasteiger partial charge in [-0.3, -0.25) is 0 Å². The van der Waals surface area contributed by atoms with Crippen LogP contribution in [0.3, 0.4) is 0 Å². The molecule has 0 aliphatic rings. The number of primary sulfonamides is 1. The molecular formula is C15H17NO3S. The van der Waals surface area contributed by atoms with Crippen LogP contribution in [0.15, 0.2) is 53.4 Å². The Labute approximate surface area is 119 Å². The standard InChI is InChI=1S/C15H17NO3S/c1-11(2)12-7-9-13(10-8-12)19-14-5-3-4-6-15(14)20(16,17)18/h3-11H,1-2H3,(H2,16,17,18). The van der Waals surface area contributed by atoms with Crippen molar-refractivity contribution in [3.8, 4) is 11.5 Å². The number of rotatable bonds is 4. The third kappa shape index (κ3) is 3.37. The molecule has 0 radical (unpaired) electrons. The molecule has 0 amide bonds. The predicted octanol–water partition coefficient (Wildman–Crippen LogP) is 3.25. The quantitative estimate of drug-likeness (QED) is 0.940. The summed E-state index contributed by atoms with van der Waals surface area (Å²) in [7, 11) is -3.80. The maximum absolute atomic E-state index is 11.5. The predicted molar refractivity (Wildman–Crippen MR) is 78.4 cm³/mol. The lowest BCUT2D eigenvalue weighted by Crippen LogP contribution is -2.13. The first-order valence-corrected chi connectivity index (χ1v) is 7.82. The summed E-state index contributed by atoms with van der Waals surface area (Å²) >= 11 is 0. The zero-order chi connectivity index (χ0) is 14.8. The Balaban J connectivity index is 2.31. The second kappa shape index (κ2) is 5.64. The Kier molecular flexibility index (Phi) is 4.11. The average Bonchev–Trinajstić information content (AvgIpc) is 2.38. The van der Waals surface area contributed by atoms with Crippen LogP contribution in [0.1, 0.15) is 25.3 Å². The highest BCUT2D eigenvalue weighted by atomic mass is 32.2. The second-order valence-electron chi connectivity index (χ2n) is 4.82. The average molecular weight is 291 g/mol. The largest absolute Gasteiger partial charge is 0.456 e. The van der Waals surface area contributed by atoms with Crippen LogP contribution in [-0.2, 0) is 10.0 Å². The normalized spacial score (nSPS) is 11.6. The van der Waals surface area contributed by atoms with Gasteiger partial charge in [0.1, 0.15) is 16.4 Å². The third-order valence-electron chi connectivity index (χ3n) is 2.93. The Morgan fingerprint density at radius 3 is 2.15 bits per heavy atom. The minimum absolute atomic E-state index is 0.0204. The molecular weight excluding hydrogens is 274 g/mol. The van der Waals surface area contributed by atoms with Crippen LogP contribution in [0.2, 0.25) is 0 Å². The molecule has 0 spiro atoms. The Morgan fingerprint density at radius 2 is 1.60 bits per heavy atom. The van der Waals surface area contributed by atoms with Gasteiger partial charge >= 0.3 is 0 Å². The molecule has 20 heavy (non-hydrogen) atoms. The van der Waals surface area contributed by atoms with Crippen LogP contribution in [-0.4, -0.2) is 8.42 Å². The fraction of sp³-hybridized carbons (Fsp3) is 0.200. The van der Waals surface area contributed by atoms with Crippen LogP contribution >= 0.6 is 0 Å². The summed E-state index contributed by atoms with van der Waals surface area (Å²) in [5.74, 6) is 1.23. The Morgan fingerprint density at radius 1 is 1.00 bits per heavy atom. The first-order valence-electron chi connectivity index (χ1n) is 6.27. The molecule has 0 saturated carbocycles. The maximum atomic E-state index is 11.5. The lowest BCUT2D eigenvalue weighted by molar-refractivity contribution is 0.467. The fourth-order valence-electron chi connectivity index (χ4n) is 1.82. The highest BCUT2D eigenvalue weighted by molar-refractivity contribution is 7.89. The van der Waals surface area contributed by atoms with E-state index in [1.54, 1.807) is 18.2 Å². The van der Waals surface area contributed by atoms with E-state index < -0.39 is 10.0 Å². The van der Waals surface area contributed by atoms with Crippen LogP contribution < -0.4 is 9.88 Å². The van der Waals surface area contributed by atoms with E-state index in [0.29, 0.717) is 11.7 Å². The van der Waals surface area contributed by atoms with Gasteiger partial charge in [0, 0.05) is 0 Å². The van der Waals surface area contributed by atoms with Gasteiger partial charge in [-0.05, 0) is 35.7 Å². The lowest BCUT2D eigenvalue weighted by Gasteiger charge is -2.11. The number of hydrogen-bond acceptors (Lipinski definition) is 3. The van der Waals surface area contributed by atoms with Crippen molar-refractivity contribution in [2.24, 2.45) is 5.14 Å². The van der Waals surface area contributed by atoms with Gasteiger partial charge in [0.25, 0.3) is 0 Å². The van der Waals surface area contributed by atoms with Crippen molar-refractivity contribution in [3.05, 3.63) is 54.1 Å². The highest BCUT2D eigenvalue weighted by Crippen LogP contribution is 2.28. The van der Waals surface area contributed by atoms with Crippen LogP contribution in [0.4, 0.5) is 0 Å². The van der Waals surface area contributed by atoms with E-state index in [0.717, 1.165) is 0 Å². The molecule has 2 N–H and O–H groups in total. The smallest absolute Gasteiger partial charge is 0.241 e. The van der Waals surface area contributed by atoms with Crippen LogP contribution in [0, 0.1) is 0 Å². The maximum Gasteiger partial charge on any atom is 0.241 e. The van der Waals surface area contributed by atoms with Crippen molar-refractivity contribution < 1.29 is 13.2 Å². The van der Waals surface area contributed by atoms with Crippen molar-refractivity contribution in [1.29, 1.82) is 0 Å². The van der Waals surface area contributed by atoms with E-state index >= 15 is 0 Å². The third-order valence-corrected chi connectivity index (χ3v) is 3.88. The summed E-state index contributed by atoms with van der Waals surface area (Å²) in [5, 5.41) is 5.17. The molecule has 0 saturated heterocycles. The van der Waals surface area contributed by atoms with Crippen molar-refractivity contribution >= 4 is 10.0 Å². The summed E-state index contributed by atoms with van der Waals surface area (Å²) in [6, 6.07) is 13.9. The van der Waals surface area contributed by atoms with Gasteiger partial charge in [0.2, 0.25) is 10.0 Å². The molecule has 0 heterocycles. The minimum Gasteiger partial charge on any atom is -0.456 e. The second-order valence-corrected chi connectivity index (χ2v) is 6.35. The summed E-state index contributed by atoms with van der Waals surface area (Å²) in [6.07, 6.45) is 0. The summed E-state index contributed by atoms with van der Waals surface area (Å²) < 4.78 is 28.6. The molecule has 5 heteroatoms. The first kappa shape index (κ1) is 14.6. The molecule has 4 nitrogen and oxygen atoms in total. The molecule has 2 aromatic rings. The molecule has 2 aromatic carbocycles. The zero-order valence-corrected chi connectivity index (χ0v) is 12.2. The number of sulfonamides is 1. The monoisotopic (exact) mass is 291 g/mol. The summed E-state index contributed by atoms with van der Waals surface area (Å²) in [6.45, 7) is 4.21. The first-order chi connectivity index (χ1) is 9.38. The molecule has 0 bridgehead atoms. The zero-order valence-electron chi connectivity index (χ0n) is 11.4. The number of nitrogens with two attached hydrogens (primary N) is 1. The van der Waals surface area contributed by atoms with Gasteiger partial charge in [-0.2, -0.15) is 0 Å². The van der Waals surface area contributed by atoms with E-state index in [4.69, 9.17) is 9.88 Å². The summed E-state index contributed by atoms with van der Waals surface area (Å²) in [5.41, 5.74) is 1.19. The fourth-order valence-corrected chi connectivity index (χ4v) is 2.48. The molecule has 0 unspecified atom stereocenters. The van der Waals surface area contributed by atoms with Gasteiger partial charge in [0.05, 0.1) is 0 Å². The molecule has 0 atom stereocenters. The van der Waals surface area contributed by atoms with Crippen molar-refractivity contribution in [2.75, 3.05) is 0 Å². The Bertz CT molecular complexity index is 691. The SMILES string of the molecule is CC(C)c1ccc(Oc2ccccc2S(N)(=O)=O)cc1. The number of benzene rings is 2. The van der Waals surface area contributed by atoms with Gasteiger partial charge in [-0.15, -0.1) is 0 Å². The van der Waals surface area contributed by atoms with E-state index in [-0.39, 0.29) is 10.6 Å². The number of hydrogen-bond donors (Lipinski definition) is 1. The topological polar surface area (TPSA) is 69.4 Å². The van der Waals surface area contributed by atoms with Crippen molar-refractivity contribution in [1.82, 2.24) is 0 Å². The van der Waals surface area contributed by atoms with Gasteiger partial charge in [0.15, 0.2) is 0 Å². The van der Waals surface area contributed by atoms with Gasteiger partial charge < -0.3 is 4.74 Å². The van der Waals surface area contributed by atoms with E-state index in [1.165, 1.54) is 11.6 Å². The van der Waals surface area contributed by atoms with Crippen LogP contribution in [0.25, 0.3) is 0 Å². The molecule has 0 aliphatic heterocycles. The highest BCUT2D eigenvalue weighted by Gasteiger charge is 2.14. The van der Waals surface area contributed by atoms with Crippen molar-refractivity contribution in [3.63, 3.8) is 0 Å². The molecule has 2 rings (SSSR count). The van der Waals surface area contributed by atoms with Crippen LogP contribution in [0.5, 0.6) is 11.5 Å². The van der Waals surface area contributed by atoms with E-state index in [9.17, 15) is 8.42 Å². The lowest BCUT2D eigenvalue weighted by atomic mass is 10.0. The van der Waals surface area contributed by atoms with Crippen molar-refractivity contribution in [2.45, 2.75) is 24.7 Å². The molecule has 0 aliphatic carbocycles. The minimum atomic E-state index is -3.80. The Hall–Kier alpha value is -1.85. The number of para-hydroxylation sites is 1. The summed E-state index contributed by atoms with van der Waals surface area (Å²) in [4.78, 5) is -0.0204. The molecule has 0 fully saturated rings. The van der Waals surface area contributed by atoms with E-state index in [1.807, 2.05) is 24.3 Å². The molecule has 106 valence electrons. The van der Waals surface area contributed by atoms with Gasteiger partial charge in [-0.1, -0.05) is 38.1 Å². The van der Waals surface area contributed by atoms with Gasteiger partial charge in [-0.25, -0.2) is 13.6 Å². The number of ether oxygens (including phenoxy) is 1. The molecule has 0 aromatic heterocycles.